The van der Waals surface area contributed by atoms with E-state index in [1.54, 1.807) is 0 Å². The third-order valence-corrected chi connectivity index (χ3v) is 4.51. The quantitative estimate of drug-likeness (QED) is 0.346. The summed E-state index contributed by atoms with van der Waals surface area (Å²) in [5, 5.41) is 0. The van der Waals surface area contributed by atoms with E-state index >= 15 is 0 Å². The van der Waals surface area contributed by atoms with E-state index in [1.165, 1.54) is 51.4 Å². The second-order valence-electron chi connectivity index (χ2n) is 9.43. The van der Waals surface area contributed by atoms with Crippen molar-refractivity contribution in [1.29, 1.82) is 0 Å². The van der Waals surface area contributed by atoms with Gasteiger partial charge in [-0.25, -0.2) is 0 Å². The molecule has 0 aromatic rings. The van der Waals surface area contributed by atoms with Crippen LogP contribution < -0.4 is 0 Å². The lowest BCUT2D eigenvalue weighted by molar-refractivity contribution is 0.367. The van der Waals surface area contributed by atoms with Crippen molar-refractivity contribution in [3.05, 3.63) is 0 Å². The molecule has 0 fully saturated rings. The molecule has 0 N–H and O–H groups in total. The molecule has 3 atom stereocenters. The van der Waals surface area contributed by atoms with Crippen LogP contribution in [0.1, 0.15) is 155 Å². The van der Waals surface area contributed by atoms with Crippen molar-refractivity contribution in [2.75, 3.05) is 0 Å². The number of terminal acetylenes is 1. The van der Waals surface area contributed by atoms with Gasteiger partial charge in [0.15, 0.2) is 0 Å². The number of unbranched alkanes of at least 4 members (excludes halogenated alkanes) is 2. The van der Waals surface area contributed by atoms with Gasteiger partial charge in [0.1, 0.15) is 0 Å². The average Bonchev–Trinajstić information content (AvgIpc) is 2.72. The zero-order valence-electron chi connectivity index (χ0n) is 24.0. The highest BCUT2D eigenvalue weighted by Gasteiger charge is 2.05. The smallest absolute Gasteiger partial charge is 0.0411 e. The molecule has 0 spiro atoms. The van der Waals surface area contributed by atoms with E-state index in [2.05, 4.69) is 103 Å². The van der Waals surface area contributed by atoms with Gasteiger partial charge >= 0.3 is 0 Å². The summed E-state index contributed by atoms with van der Waals surface area (Å²) >= 11 is 0. The summed E-state index contributed by atoms with van der Waals surface area (Å²) in [4.78, 5) is 0. The molecule has 0 heteroatoms. The van der Waals surface area contributed by atoms with Gasteiger partial charge in [-0.2, -0.15) is 0 Å². The summed E-state index contributed by atoms with van der Waals surface area (Å²) in [6.07, 6.45) is 18.8. The molecule has 182 valence electrons. The molecule has 0 amide bonds. The van der Waals surface area contributed by atoms with E-state index in [0.29, 0.717) is 5.41 Å². The topological polar surface area (TPSA) is 0 Å². The highest BCUT2D eigenvalue weighted by molar-refractivity contribution is 4.56. The van der Waals surface area contributed by atoms with Crippen LogP contribution in [0.25, 0.3) is 0 Å². The Labute approximate surface area is 191 Å². The van der Waals surface area contributed by atoms with Gasteiger partial charge in [-0.15, -0.1) is 12.8 Å². The Morgan fingerprint density at radius 3 is 1.00 bits per heavy atom. The summed E-state index contributed by atoms with van der Waals surface area (Å²) < 4.78 is 0. The van der Waals surface area contributed by atoms with Gasteiger partial charge in [0.25, 0.3) is 0 Å². The van der Waals surface area contributed by atoms with Crippen molar-refractivity contribution < 1.29 is 0 Å². The Hall–Kier alpha value is -0.440. The first kappa shape index (κ1) is 42.6. The van der Waals surface area contributed by atoms with Gasteiger partial charge in [0, 0.05) is 0 Å². The van der Waals surface area contributed by atoms with Crippen molar-refractivity contribution in [1.82, 2.24) is 0 Å². The predicted octanol–water partition coefficient (Wildman–Crippen LogP) is 11.4. The van der Waals surface area contributed by atoms with Gasteiger partial charge < -0.3 is 0 Å². The van der Waals surface area contributed by atoms with Crippen LogP contribution in [0, 0.1) is 36.0 Å². The summed E-state index contributed by atoms with van der Waals surface area (Å²) in [6.45, 7) is 33.1. The number of hydrogen-bond acceptors (Lipinski definition) is 0. The molecule has 29 heavy (non-hydrogen) atoms. The maximum Gasteiger partial charge on any atom is -0.0411 e. The van der Waals surface area contributed by atoms with Crippen molar-refractivity contribution in [2.45, 2.75) is 155 Å². The molecule has 0 saturated carbocycles. The minimum atomic E-state index is 0.500. The minimum Gasteiger partial charge on any atom is -0.124 e. The predicted molar refractivity (Wildman–Crippen MR) is 145 cm³/mol. The molecule has 0 aliphatic rings. The Balaban J connectivity index is -0.0000000591. The molecule has 0 aromatic heterocycles. The van der Waals surface area contributed by atoms with Gasteiger partial charge in [0.2, 0.25) is 0 Å². The van der Waals surface area contributed by atoms with Crippen LogP contribution in [0.5, 0.6) is 0 Å². The molecule has 0 aliphatic heterocycles. The van der Waals surface area contributed by atoms with Crippen molar-refractivity contribution >= 4 is 0 Å². The summed E-state index contributed by atoms with van der Waals surface area (Å²) in [7, 11) is 0. The van der Waals surface area contributed by atoms with Crippen LogP contribution in [0.4, 0.5) is 0 Å². The van der Waals surface area contributed by atoms with Crippen molar-refractivity contribution in [2.24, 2.45) is 23.2 Å². The van der Waals surface area contributed by atoms with Gasteiger partial charge in [0.05, 0.1) is 0 Å². The Morgan fingerprint density at radius 2 is 0.862 bits per heavy atom. The van der Waals surface area contributed by atoms with E-state index in [-0.39, 0.29) is 0 Å². The fraction of sp³-hybridized carbons (Fsp3) is 0.931. The largest absolute Gasteiger partial charge is 0.124 e. The highest BCUT2D eigenvalue weighted by atomic mass is 14.1. The van der Waals surface area contributed by atoms with Gasteiger partial charge in [-0.1, -0.05) is 155 Å². The molecule has 0 aliphatic carbocycles. The minimum absolute atomic E-state index is 0.500. The molecule has 0 bridgehead atoms. The molecule has 0 aromatic carbocycles. The monoisotopic (exact) mass is 415 g/mol. The van der Waals surface area contributed by atoms with Crippen LogP contribution in [-0.2, 0) is 0 Å². The summed E-state index contributed by atoms with van der Waals surface area (Å²) in [6, 6.07) is 0. The number of rotatable bonds is 8. The molecular weight excluding hydrogens is 348 g/mol. The standard InChI is InChI=1S/2C8H18.C5H12.C4H10.C2H6.C2H2/c1-5-7(3)8(4)6-2;1-4-6-7-8(3)5-2;1-5(2,3)4;1-3-4-2;2*1-2/h7-8H,5-6H2,1-4H3;8H,4-7H2,1-3H3;1-4H3;3-4H2,1-2H3;1-2H3;1-2H. The molecule has 0 rings (SSSR count). The molecule has 0 saturated heterocycles. The number of hydrogen-bond donors (Lipinski definition) is 0. The van der Waals surface area contributed by atoms with Gasteiger partial charge in [-0.3, -0.25) is 0 Å². The average molecular weight is 415 g/mol. The van der Waals surface area contributed by atoms with E-state index in [4.69, 9.17) is 0 Å². The van der Waals surface area contributed by atoms with E-state index in [9.17, 15) is 0 Å². The fourth-order valence-electron chi connectivity index (χ4n) is 1.56. The summed E-state index contributed by atoms with van der Waals surface area (Å²) in [5.74, 6) is 2.79. The van der Waals surface area contributed by atoms with Crippen LogP contribution in [0.3, 0.4) is 0 Å². The van der Waals surface area contributed by atoms with Crippen molar-refractivity contribution in [3.63, 3.8) is 0 Å². The second kappa shape index (κ2) is 38.2. The van der Waals surface area contributed by atoms with Crippen LogP contribution in [0.2, 0.25) is 0 Å². The Kier molecular flexibility index (Phi) is 56.1. The van der Waals surface area contributed by atoms with Crippen LogP contribution in [-0.4, -0.2) is 0 Å². The van der Waals surface area contributed by atoms with Crippen molar-refractivity contribution in [3.8, 4) is 12.8 Å². The first-order valence-corrected chi connectivity index (χ1v) is 12.8. The SMILES string of the molecule is C#C.CC.CC(C)(C)C.CCC(C)C(C)CC.CCCC.CCCCC(C)CC. The van der Waals surface area contributed by atoms with Crippen LogP contribution in [0.15, 0.2) is 0 Å². The Bertz CT molecular complexity index is 214. The van der Waals surface area contributed by atoms with Gasteiger partial charge in [-0.05, 0) is 23.2 Å². The third-order valence-electron chi connectivity index (χ3n) is 4.51. The molecule has 3 unspecified atom stereocenters. The molecule has 0 nitrogen and oxygen atoms in total. The second-order valence-corrected chi connectivity index (χ2v) is 9.43. The van der Waals surface area contributed by atoms with E-state index in [0.717, 1.165) is 17.8 Å². The Morgan fingerprint density at radius 1 is 0.586 bits per heavy atom. The van der Waals surface area contributed by atoms with Crippen LogP contribution >= 0.6 is 0 Å². The zero-order valence-corrected chi connectivity index (χ0v) is 24.0. The first-order valence-electron chi connectivity index (χ1n) is 12.8. The molecular formula is C29H66. The summed E-state index contributed by atoms with van der Waals surface area (Å²) in [5.41, 5.74) is 0.500. The fourth-order valence-corrected chi connectivity index (χ4v) is 1.56. The zero-order chi connectivity index (χ0) is 24.9. The van der Waals surface area contributed by atoms with E-state index in [1.807, 2.05) is 13.8 Å². The van der Waals surface area contributed by atoms with E-state index < -0.39 is 0 Å². The maximum absolute atomic E-state index is 4.00. The highest BCUT2D eigenvalue weighted by Crippen LogP contribution is 2.16. The third kappa shape index (κ3) is 84.9. The lowest BCUT2D eigenvalue weighted by Gasteiger charge is -2.14. The molecule has 0 heterocycles. The normalized spacial score (nSPS) is 12.2. The lowest BCUT2D eigenvalue weighted by Crippen LogP contribution is -2.04. The molecule has 0 radical (unpaired) electrons. The maximum atomic E-state index is 4.00. The first-order chi connectivity index (χ1) is 13.4. The lowest BCUT2D eigenvalue weighted by atomic mass is 9.92.